The fourth-order valence-corrected chi connectivity index (χ4v) is 3.34. The number of aryl methyl sites for hydroxylation is 2. The van der Waals surface area contributed by atoms with Crippen LogP contribution in [-0.4, -0.2) is 23.2 Å². The van der Waals surface area contributed by atoms with E-state index >= 15 is 0 Å². The summed E-state index contributed by atoms with van der Waals surface area (Å²) in [6, 6.07) is 9.71. The lowest BCUT2D eigenvalue weighted by Gasteiger charge is -2.15. The molecule has 0 fully saturated rings. The molecule has 0 saturated carbocycles. The van der Waals surface area contributed by atoms with E-state index in [9.17, 15) is 23.1 Å². The van der Waals surface area contributed by atoms with Gasteiger partial charge in [0.1, 0.15) is 0 Å². The lowest BCUT2D eigenvalue weighted by molar-refractivity contribution is -0.137. The van der Waals surface area contributed by atoms with Gasteiger partial charge in [0.15, 0.2) is 0 Å². The zero-order valence-electron chi connectivity index (χ0n) is 18.0. The van der Waals surface area contributed by atoms with E-state index in [1.807, 2.05) is 13.8 Å². The maximum Gasteiger partial charge on any atom is 0.416 e. The molecule has 0 aliphatic heterocycles. The Hall–Kier alpha value is -3.35. The van der Waals surface area contributed by atoms with E-state index < -0.39 is 17.7 Å². The second kappa shape index (κ2) is 9.64. The van der Waals surface area contributed by atoms with Crippen LogP contribution in [-0.2, 0) is 6.18 Å². The summed E-state index contributed by atoms with van der Waals surface area (Å²) in [6.07, 6.45) is -2.81. The molecule has 164 valence electrons. The molecule has 0 radical (unpaired) electrons. The van der Waals surface area contributed by atoms with Crippen molar-refractivity contribution in [2.45, 2.75) is 33.9 Å². The minimum absolute atomic E-state index is 0.188. The predicted molar refractivity (Wildman–Crippen MR) is 114 cm³/mol. The molecule has 1 N–H and O–H groups in total. The van der Waals surface area contributed by atoms with Crippen LogP contribution < -0.4 is 4.74 Å². The van der Waals surface area contributed by atoms with Gasteiger partial charge in [0.2, 0.25) is 5.88 Å². The van der Waals surface area contributed by atoms with E-state index in [0.29, 0.717) is 16.7 Å². The van der Waals surface area contributed by atoms with Gasteiger partial charge in [-0.2, -0.15) is 13.2 Å². The molecule has 2 aromatic carbocycles. The van der Waals surface area contributed by atoms with Crippen LogP contribution in [0, 0.1) is 13.8 Å². The zero-order valence-corrected chi connectivity index (χ0v) is 18.0. The highest BCUT2D eigenvalue weighted by Crippen LogP contribution is 2.37. The second-order valence-corrected chi connectivity index (χ2v) is 6.65. The molecule has 0 atom stereocenters. The minimum Gasteiger partial charge on any atom is -0.481 e. The van der Waals surface area contributed by atoms with Gasteiger partial charge in [0.05, 0.1) is 18.2 Å². The Morgan fingerprint density at radius 2 is 1.52 bits per heavy atom. The molecule has 0 aliphatic rings. The molecule has 0 spiro atoms. The van der Waals surface area contributed by atoms with Gasteiger partial charge in [0, 0.05) is 17.3 Å². The smallest absolute Gasteiger partial charge is 0.416 e. The van der Waals surface area contributed by atoms with Gasteiger partial charge < -0.3 is 9.84 Å². The van der Waals surface area contributed by atoms with Gasteiger partial charge in [-0.1, -0.05) is 26.0 Å². The summed E-state index contributed by atoms with van der Waals surface area (Å²) < 4.78 is 43.8. The number of rotatable bonds is 4. The largest absolute Gasteiger partial charge is 0.481 e. The van der Waals surface area contributed by atoms with Gasteiger partial charge in [-0.25, -0.2) is 9.78 Å². The lowest BCUT2D eigenvalue weighted by atomic mass is 9.93. The SMILES string of the molecule is CC.COc1ncc(-c2c(C)cc(C(=O)O)cc2C)cc1-c1ccc(C(F)(F)F)cc1. The number of hydrogen-bond donors (Lipinski definition) is 1. The van der Waals surface area contributed by atoms with Gasteiger partial charge >= 0.3 is 12.1 Å². The van der Waals surface area contributed by atoms with Crippen molar-refractivity contribution in [2.24, 2.45) is 0 Å². The van der Waals surface area contributed by atoms with Crippen molar-refractivity contribution < 1.29 is 27.8 Å². The molecule has 31 heavy (non-hydrogen) atoms. The number of carbonyl (C=O) groups is 1. The first-order chi connectivity index (χ1) is 14.6. The Labute approximate surface area is 179 Å². The molecular weight excluding hydrogens is 407 g/mol. The maximum atomic E-state index is 12.9. The standard InChI is InChI=1S/C22H18F3NO3.C2H6/c1-12-8-15(21(27)28)9-13(2)19(12)16-10-18(20(29-3)26-11-16)14-4-6-17(7-5-14)22(23,24)25;1-2/h4-11H,1-3H3,(H,27,28);1-2H3. The van der Waals surface area contributed by atoms with Crippen LogP contribution in [0.4, 0.5) is 13.2 Å². The molecule has 3 aromatic rings. The summed E-state index contributed by atoms with van der Waals surface area (Å²) in [5.74, 6) is -0.730. The fraction of sp³-hybridized carbons (Fsp3) is 0.250. The third-order valence-corrected chi connectivity index (χ3v) is 4.64. The number of aromatic carboxylic acids is 1. The van der Waals surface area contributed by atoms with Crippen molar-refractivity contribution in [2.75, 3.05) is 7.11 Å². The summed E-state index contributed by atoms with van der Waals surface area (Å²) in [5.41, 5.74) is 3.57. The second-order valence-electron chi connectivity index (χ2n) is 6.65. The quantitative estimate of drug-likeness (QED) is 0.494. The highest BCUT2D eigenvalue weighted by Gasteiger charge is 2.30. The van der Waals surface area contributed by atoms with Crippen LogP contribution in [0.15, 0.2) is 48.7 Å². The highest BCUT2D eigenvalue weighted by atomic mass is 19.4. The van der Waals surface area contributed by atoms with Gasteiger partial charge in [-0.05, 0) is 66.4 Å². The summed E-state index contributed by atoms with van der Waals surface area (Å²) in [6.45, 7) is 7.60. The van der Waals surface area contributed by atoms with Crippen LogP contribution in [0.5, 0.6) is 5.88 Å². The third-order valence-electron chi connectivity index (χ3n) is 4.64. The zero-order chi connectivity index (χ0) is 23.3. The Balaban J connectivity index is 0.00000166. The number of alkyl halides is 3. The Morgan fingerprint density at radius 1 is 0.968 bits per heavy atom. The minimum atomic E-state index is -4.41. The molecule has 0 saturated heterocycles. The van der Waals surface area contributed by atoms with Crippen molar-refractivity contribution in [1.82, 2.24) is 4.98 Å². The number of nitrogens with zero attached hydrogens (tertiary/aromatic N) is 1. The normalized spacial score (nSPS) is 10.8. The number of ether oxygens (including phenoxy) is 1. The van der Waals surface area contributed by atoms with E-state index in [1.54, 1.807) is 38.2 Å². The average Bonchev–Trinajstić information content (AvgIpc) is 2.74. The lowest BCUT2D eigenvalue weighted by Crippen LogP contribution is -2.04. The van der Waals surface area contributed by atoms with E-state index in [-0.39, 0.29) is 11.4 Å². The van der Waals surface area contributed by atoms with Crippen LogP contribution in [0.1, 0.15) is 40.9 Å². The van der Waals surface area contributed by atoms with Crippen molar-refractivity contribution in [3.63, 3.8) is 0 Å². The molecule has 1 heterocycles. The maximum absolute atomic E-state index is 12.9. The molecule has 0 amide bonds. The number of aromatic nitrogens is 1. The van der Waals surface area contributed by atoms with Crippen LogP contribution >= 0.6 is 0 Å². The first-order valence-corrected chi connectivity index (χ1v) is 9.68. The first kappa shape index (κ1) is 23.9. The fourth-order valence-electron chi connectivity index (χ4n) is 3.34. The number of methoxy groups -OCH3 is 1. The highest BCUT2D eigenvalue weighted by molar-refractivity contribution is 5.90. The molecular formula is C24H24F3NO3. The predicted octanol–water partition coefficient (Wildman–Crippen LogP) is 6.78. The van der Waals surface area contributed by atoms with Crippen LogP contribution in [0.2, 0.25) is 0 Å². The summed E-state index contributed by atoms with van der Waals surface area (Å²) in [7, 11) is 1.44. The average molecular weight is 431 g/mol. The van der Waals surface area contributed by atoms with Crippen molar-refractivity contribution in [3.8, 4) is 28.1 Å². The monoisotopic (exact) mass is 431 g/mol. The molecule has 4 nitrogen and oxygen atoms in total. The summed E-state index contributed by atoms with van der Waals surface area (Å²) in [4.78, 5) is 15.6. The summed E-state index contributed by atoms with van der Waals surface area (Å²) >= 11 is 0. The molecule has 3 rings (SSSR count). The van der Waals surface area contributed by atoms with Crippen LogP contribution in [0.25, 0.3) is 22.3 Å². The molecule has 0 bridgehead atoms. The number of halogens is 3. The number of hydrogen-bond acceptors (Lipinski definition) is 3. The van der Waals surface area contributed by atoms with Gasteiger partial charge in [-0.3, -0.25) is 0 Å². The summed E-state index contributed by atoms with van der Waals surface area (Å²) in [5, 5.41) is 9.23. The van der Waals surface area contributed by atoms with Crippen molar-refractivity contribution in [1.29, 1.82) is 0 Å². The Morgan fingerprint density at radius 3 is 1.97 bits per heavy atom. The Kier molecular flexibility index (Phi) is 7.44. The number of pyridine rings is 1. The van der Waals surface area contributed by atoms with E-state index in [4.69, 9.17) is 4.74 Å². The van der Waals surface area contributed by atoms with Crippen molar-refractivity contribution in [3.05, 3.63) is 70.9 Å². The Bertz CT molecular complexity index is 1050. The number of carboxylic acids is 1. The van der Waals surface area contributed by atoms with E-state index in [0.717, 1.165) is 28.8 Å². The van der Waals surface area contributed by atoms with Gasteiger partial charge in [-0.15, -0.1) is 0 Å². The van der Waals surface area contributed by atoms with Crippen molar-refractivity contribution >= 4 is 5.97 Å². The number of benzene rings is 2. The third kappa shape index (κ3) is 5.23. The van der Waals surface area contributed by atoms with Gasteiger partial charge in [0.25, 0.3) is 0 Å². The molecule has 0 unspecified atom stereocenters. The number of carboxylic acid groups (broad SMARTS) is 1. The first-order valence-electron chi connectivity index (χ1n) is 9.68. The van der Waals surface area contributed by atoms with E-state index in [1.165, 1.54) is 19.2 Å². The molecule has 7 heteroatoms. The van der Waals surface area contributed by atoms with Crippen LogP contribution in [0.3, 0.4) is 0 Å². The molecule has 0 aliphatic carbocycles. The topological polar surface area (TPSA) is 59.4 Å². The molecule has 1 aromatic heterocycles. The van der Waals surface area contributed by atoms with E-state index in [2.05, 4.69) is 4.98 Å².